The van der Waals surface area contributed by atoms with Crippen molar-refractivity contribution in [2.45, 2.75) is 25.4 Å². The van der Waals surface area contributed by atoms with Crippen LogP contribution in [-0.4, -0.2) is 53.7 Å². The van der Waals surface area contributed by atoms with Crippen molar-refractivity contribution in [3.63, 3.8) is 0 Å². The van der Waals surface area contributed by atoms with Crippen LogP contribution < -0.4 is 5.73 Å². The number of nitrogens with two attached hydrogens (primary N) is 1. The highest BCUT2D eigenvalue weighted by Gasteiger charge is 2.30. The number of hydrogen-bond donors (Lipinski definition) is 2. The summed E-state index contributed by atoms with van der Waals surface area (Å²) in [5, 5.41) is 8.68. The Bertz CT molecular complexity index is 254. The van der Waals surface area contributed by atoms with Crippen molar-refractivity contribution in [2.24, 2.45) is 5.73 Å². The Hall–Kier alpha value is -1.14. The Morgan fingerprint density at radius 3 is 2.87 bits per heavy atom. The first-order chi connectivity index (χ1) is 7.02. The number of morpholine rings is 1. The van der Waals surface area contributed by atoms with Gasteiger partial charge in [-0.15, -0.1) is 0 Å². The van der Waals surface area contributed by atoms with E-state index in [0.717, 1.165) is 0 Å². The van der Waals surface area contributed by atoms with Crippen LogP contribution in [0.4, 0.5) is 0 Å². The minimum Gasteiger partial charge on any atom is -0.481 e. The molecule has 0 aromatic carbocycles. The Morgan fingerprint density at radius 2 is 2.33 bits per heavy atom. The number of nitrogens with zero attached hydrogens (tertiary/aromatic N) is 1. The third-order valence-electron chi connectivity index (χ3n) is 2.31. The first-order valence-corrected chi connectivity index (χ1v) is 4.88. The van der Waals surface area contributed by atoms with E-state index in [9.17, 15) is 9.59 Å². The minimum atomic E-state index is -0.937. The molecule has 0 bridgehead atoms. The van der Waals surface area contributed by atoms with Gasteiger partial charge in [-0.05, 0) is 6.92 Å². The van der Waals surface area contributed by atoms with Crippen LogP contribution in [-0.2, 0) is 14.3 Å². The average Bonchev–Trinajstić information content (AvgIpc) is 2.16. The van der Waals surface area contributed by atoms with E-state index in [0.29, 0.717) is 13.2 Å². The highest BCUT2D eigenvalue weighted by atomic mass is 16.5. The van der Waals surface area contributed by atoms with Gasteiger partial charge in [0.15, 0.2) is 0 Å². The summed E-state index contributed by atoms with van der Waals surface area (Å²) in [6, 6.07) is -0.992. The first-order valence-electron chi connectivity index (χ1n) is 4.88. The van der Waals surface area contributed by atoms with Gasteiger partial charge >= 0.3 is 5.97 Å². The summed E-state index contributed by atoms with van der Waals surface area (Å²) < 4.78 is 5.15. The number of hydrogen-bond acceptors (Lipinski definition) is 4. The predicted molar refractivity (Wildman–Crippen MR) is 52.2 cm³/mol. The van der Waals surface area contributed by atoms with Gasteiger partial charge in [0.2, 0.25) is 5.91 Å². The van der Waals surface area contributed by atoms with Crippen molar-refractivity contribution in [1.82, 2.24) is 4.90 Å². The molecule has 86 valence electrons. The fourth-order valence-electron chi connectivity index (χ4n) is 1.58. The summed E-state index contributed by atoms with van der Waals surface area (Å²) in [6.07, 6.45) is -0.0987. The molecule has 1 amide bonds. The maximum absolute atomic E-state index is 11.6. The zero-order valence-electron chi connectivity index (χ0n) is 8.68. The topological polar surface area (TPSA) is 92.9 Å². The third-order valence-corrected chi connectivity index (χ3v) is 2.31. The molecule has 6 heteroatoms. The number of carbonyl (C=O) groups is 2. The molecule has 0 radical (unpaired) electrons. The molecule has 1 aliphatic heterocycles. The molecule has 0 saturated carbocycles. The Kier molecular flexibility index (Phi) is 4.05. The lowest BCUT2D eigenvalue weighted by atomic mass is 10.1. The average molecular weight is 216 g/mol. The molecule has 6 nitrogen and oxygen atoms in total. The number of ether oxygens (including phenoxy) is 1. The van der Waals surface area contributed by atoms with Crippen molar-refractivity contribution in [3.8, 4) is 0 Å². The Labute approximate surface area is 88.0 Å². The molecule has 0 spiro atoms. The van der Waals surface area contributed by atoms with E-state index in [2.05, 4.69) is 0 Å². The molecule has 1 unspecified atom stereocenters. The Balaban J connectivity index is 2.65. The van der Waals surface area contributed by atoms with Gasteiger partial charge in [-0.3, -0.25) is 9.59 Å². The van der Waals surface area contributed by atoms with E-state index in [4.69, 9.17) is 15.6 Å². The molecule has 15 heavy (non-hydrogen) atoms. The molecule has 1 saturated heterocycles. The summed E-state index contributed by atoms with van der Waals surface area (Å²) in [6.45, 7) is 2.72. The summed E-state index contributed by atoms with van der Waals surface area (Å²) in [4.78, 5) is 23.7. The smallest absolute Gasteiger partial charge is 0.305 e. The highest BCUT2D eigenvalue weighted by Crippen LogP contribution is 2.11. The van der Waals surface area contributed by atoms with Crippen LogP contribution in [0.25, 0.3) is 0 Å². The van der Waals surface area contributed by atoms with Crippen LogP contribution in [0.3, 0.4) is 0 Å². The SMILES string of the molecule is C[C@H](N)C(=O)N1CCOCC1CC(=O)O. The largest absolute Gasteiger partial charge is 0.481 e. The lowest BCUT2D eigenvalue weighted by Crippen LogP contribution is -2.53. The van der Waals surface area contributed by atoms with Gasteiger partial charge in [0, 0.05) is 6.54 Å². The second-order valence-corrected chi connectivity index (χ2v) is 3.65. The van der Waals surface area contributed by atoms with Crippen LogP contribution >= 0.6 is 0 Å². The van der Waals surface area contributed by atoms with Crippen molar-refractivity contribution >= 4 is 11.9 Å². The summed E-state index contributed by atoms with van der Waals surface area (Å²) in [5.41, 5.74) is 5.48. The molecular weight excluding hydrogens is 200 g/mol. The van der Waals surface area contributed by atoms with Crippen LogP contribution in [0.2, 0.25) is 0 Å². The van der Waals surface area contributed by atoms with E-state index in [1.165, 1.54) is 4.90 Å². The molecule has 1 fully saturated rings. The summed E-state index contributed by atoms with van der Waals surface area (Å²) >= 11 is 0. The number of carboxylic acids is 1. The van der Waals surface area contributed by atoms with Crippen molar-refractivity contribution in [2.75, 3.05) is 19.8 Å². The van der Waals surface area contributed by atoms with Crippen LogP contribution in [0, 0.1) is 0 Å². The second-order valence-electron chi connectivity index (χ2n) is 3.65. The van der Waals surface area contributed by atoms with Gasteiger partial charge in [0.1, 0.15) is 0 Å². The zero-order chi connectivity index (χ0) is 11.4. The first kappa shape index (κ1) is 11.9. The number of carboxylic acid groups (broad SMARTS) is 1. The van der Waals surface area contributed by atoms with Crippen molar-refractivity contribution in [1.29, 1.82) is 0 Å². The molecule has 3 N–H and O–H groups in total. The van der Waals surface area contributed by atoms with Gasteiger partial charge in [-0.25, -0.2) is 0 Å². The van der Waals surface area contributed by atoms with Gasteiger partial charge < -0.3 is 20.5 Å². The van der Waals surface area contributed by atoms with E-state index in [1.54, 1.807) is 6.92 Å². The van der Waals surface area contributed by atoms with Crippen molar-refractivity contribution < 1.29 is 19.4 Å². The normalized spacial score (nSPS) is 23.6. The predicted octanol–water partition coefficient (Wildman–Crippen LogP) is -0.964. The lowest BCUT2D eigenvalue weighted by molar-refractivity contribution is -0.146. The van der Waals surface area contributed by atoms with Gasteiger partial charge in [0.25, 0.3) is 0 Å². The molecule has 0 aromatic heterocycles. The molecule has 1 aliphatic rings. The van der Waals surface area contributed by atoms with Crippen LogP contribution in [0.5, 0.6) is 0 Å². The molecule has 1 heterocycles. The fourth-order valence-corrected chi connectivity index (χ4v) is 1.58. The van der Waals surface area contributed by atoms with Gasteiger partial charge in [0.05, 0.1) is 31.7 Å². The number of aliphatic carboxylic acids is 1. The maximum Gasteiger partial charge on any atom is 0.305 e. The second kappa shape index (κ2) is 5.09. The molecule has 0 aliphatic carbocycles. The van der Waals surface area contributed by atoms with E-state index in [-0.39, 0.29) is 18.9 Å². The summed E-state index contributed by atoms with van der Waals surface area (Å²) in [7, 11) is 0. The third kappa shape index (κ3) is 3.17. The molecule has 2 atom stereocenters. The quantitative estimate of drug-likeness (QED) is 0.633. The molecular formula is C9H16N2O4. The molecule has 1 rings (SSSR count). The monoisotopic (exact) mass is 216 g/mol. The zero-order valence-corrected chi connectivity index (χ0v) is 8.68. The van der Waals surface area contributed by atoms with E-state index < -0.39 is 18.1 Å². The molecule has 0 aromatic rings. The van der Waals surface area contributed by atoms with Crippen LogP contribution in [0.15, 0.2) is 0 Å². The minimum absolute atomic E-state index is 0.0987. The van der Waals surface area contributed by atoms with E-state index >= 15 is 0 Å². The fraction of sp³-hybridized carbons (Fsp3) is 0.778. The highest BCUT2D eigenvalue weighted by molar-refractivity contribution is 5.82. The lowest BCUT2D eigenvalue weighted by Gasteiger charge is -2.35. The van der Waals surface area contributed by atoms with E-state index in [1.807, 2.05) is 0 Å². The van der Waals surface area contributed by atoms with Crippen molar-refractivity contribution in [3.05, 3.63) is 0 Å². The number of carbonyl (C=O) groups excluding carboxylic acids is 1. The van der Waals surface area contributed by atoms with Crippen LogP contribution in [0.1, 0.15) is 13.3 Å². The number of amides is 1. The maximum atomic E-state index is 11.6. The summed E-state index contributed by atoms with van der Waals surface area (Å²) in [5.74, 6) is -1.16. The van der Waals surface area contributed by atoms with Gasteiger partial charge in [-0.1, -0.05) is 0 Å². The van der Waals surface area contributed by atoms with Gasteiger partial charge in [-0.2, -0.15) is 0 Å². The standard InChI is InChI=1S/C9H16N2O4/c1-6(10)9(14)11-2-3-15-5-7(11)4-8(12)13/h6-7H,2-5,10H2,1H3,(H,12,13)/t6-,7?/m0/s1. The Morgan fingerprint density at radius 1 is 1.67 bits per heavy atom. The number of rotatable bonds is 3.